The van der Waals surface area contributed by atoms with E-state index in [2.05, 4.69) is 31.9 Å². The fourth-order valence-corrected chi connectivity index (χ4v) is 3.71. The molecule has 0 unspecified atom stereocenters. The smallest absolute Gasteiger partial charge is 0.327 e. The molecule has 2 aromatic rings. The number of nitrogens with zero attached hydrogens (tertiary/aromatic N) is 7. The van der Waals surface area contributed by atoms with E-state index in [9.17, 15) is 4.79 Å². The number of aliphatic imine (C=N–C) groups is 1. The van der Waals surface area contributed by atoms with Gasteiger partial charge in [-0.2, -0.15) is 4.98 Å². The van der Waals surface area contributed by atoms with Gasteiger partial charge in [0.05, 0.1) is 24.6 Å². The van der Waals surface area contributed by atoms with E-state index in [4.69, 9.17) is 20.4 Å². The number of nitrogens with two attached hydrogens (primary N) is 1. The third kappa shape index (κ3) is 4.67. The molecule has 0 saturated carbocycles. The predicted octanol–water partition coefficient (Wildman–Crippen LogP) is 1.93. The third-order valence-electron chi connectivity index (χ3n) is 5.62. The summed E-state index contributed by atoms with van der Waals surface area (Å²) in [6.45, 7) is 10.3. The summed E-state index contributed by atoms with van der Waals surface area (Å²) >= 11 is 0. The number of hydrogen-bond acceptors (Lipinski definition) is 9. The number of carbonyl (C=O) groups is 1. The molecular weight excluding hydrogens is 422 g/mol. The van der Waals surface area contributed by atoms with Crippen LogP contribution in [-0.2, 0) is 11.2 Å². The minimum Gasteiger partial charge on any atom is -0.378 e. The van der Waals surface area contributed by atoms with Gasteiger partial charge >= 0.3 is 6.03 Å². The van der Waals surface area contributed by atoms with Crippen molar-refractivity contribution < 1.29 is 9.53 Å². The van der Waals surface area contributed by atoms with Crippen molar-refractivity contribution in [1.82, 2.24) is 25.3 Å². The van der Waals surface area contributed by atoms with Crippen LogP contribution in [0.3, 0.4) is 0 Å². The Balaban J connectivity index is 1.74. The van der Waals surface area contributed by atoms with Gasteiger partial charge in [0.25, 0.3) is 0 Å². The molecule has 0 aliphatic carbocycles. The SMILES string of the molecule is C=N/C=C(NC(=O)N1CCc2c(-c3cnc(N)nc3)nc(N3CCOCC3)nc21)\C(C)=C/C. The Labute approximate surface area is 192 Å². The Hall–Kier alpha value is -3.86. The number of ether oxygens (including phenoxy) is 1. The van der Waals surface area contributed by atoms with Crippen molar-refractivity contribution in [2.45, 2.75) is 20.3 Å². The number of aromatic nitrogens is 4. The van der Waals surface area contributed by atoms with E-state index in [1.54, 1.807) is 17.3 Å². The van der Waals surface area contributed by atoms with E-state index in [1.807, 2.05) is 19.9 Å². The first-order valence-corrected chi connectivity index (χ1v) is 10.7. The van der Waals surface area contributed by atoms with Gasteiger partial charge in [0.1, 0.15) is 5.82 Å². The molecule has 4 heterocycles. The number of carbonyl (C=O) groups excluding carboxylic acids is 1. The minimum atomic E-state index is -0.295. The normalized spacial score (nSPS) is 16.5. The lowest BCUT2D eigenvalue weighted by Crippen LogP contribution is -2.40. The summed E-state index contributed by atoms with van der Waals surface area (Å²) in [5.74, 6) is 1.30. The molecule has 172 valence electrons. The van der Waals surface area contributed by atoms with E-state index in [0.29, 0.717) is 62.4 Å². The molecule has 0 atom stereocenters. The summed E-state index contributed by atoms with van der Waals surface area (Å²) < 4.78 is 5.47. The Morgan fingerprint density at radius 1 is 1.24 bits per heavy atom. The van der Waals surface area contributed by atoms with Crippen LogP contribution in [0.1, 0.15) is 19.4 Å². The molecule has 4 rings (SSSR count). The molecule has 2 amide bonds. The topological polar surface area (TPSA) is 135 Å². The van der Waals surface area contributed by atoms with Gasteiger partial charge in [-0.05, 0) is 32.6 Å². The van der Waals surface area contributed by atoms with Crippen molar-refractivity contribution in [3.05, 3.63) is 41.5 Å². The first-order valence-electron chi connectivity index (χ1n) is 10.7. The highest BCUT2D eigenvalue weighted by Gasteiger charge is 2.32. The Morgan fingerprint density at radius 2 is 1.97 bits per heavy atom. The van der Waals surface area contributed by atoms with Crippen molar-refractivity contribution in [1.29, 1.82) is 0 Å². The summed E-state index contributed by atoms with van der Waals surface area (Å²) in [6, 6.07) is -0.295. The van der Waals surface area contributed by atoms with E-state index in [0.717, 1.165) is 16.7 Å². The highest BCUT2D eigenvalue weighted by Crippen LogP contribution is 2.35. The van der Waals surface area contributed by atoms with Gasteiger partial charge in [0.15, 0.2) is 0 Å². The molecule has 2 aromatic heterocycles. The fraction of sp³-hybridized carbons (Fsp3) is 0.364. The van der Waals surface area contributed by atoms with Gasteiger partial charge in [-0.1, -0.05) is 6.08 Å². The summed E-state index contributed by atoms with van der Waals surface area (Å²) in [7, 11) is 0. The van der Waals surface area contributed by atoms with Crippen molar-refractivity contribution in [3.63, 3.8) is 0 Å². The molecule has 11 heteroatoms. The molecule has 0 bridgehead atoms. The Bertz CT molecular complexity index is 1110. The van der Waals surface area contributed by atoms with E-state index >= 15 is 0 Å². The lowest BCUT2D eigenvalue weighted by Gasteiger charge is -2.28. The average molecular weight is 450 g/mol. The quantitative estimate of drug-likeness (QED) is 0.522. The monoisotopic (exact) mass is 449 g/mol. The predicted molar refractivity (Wildman–Crippen MR) is 127 cm³/mol. The van der Waals surface area contributed by atoms with E-state index in [-0.39, 0.29) is 12.0 Å². The van der Waals surface area contributed by atoms with Crippen LogP contribution in [0, 0.1) is 0 Å². The molecule has 0 radical (unpaired) electrons. The highest BCUT2D eigenvalue weighted by molar-refractivity contribution is 5.95. The summed E-state index contributed by atoms with van der Waals surface area (Å²) in [6.07, 6.45) is 7.31. The second-order valence-electron chi connectivity index (χ2n) is 7.63. The number of anilines is 3. The zero-order valence-electron chi connectivity index (χ0n) is 18.8. The van der Waals surface area contributed by atoms with Crippen LogP contribution < -0.4 is 20.9 Å². The van der Waals surface area contributed by atoms with Crippen LogP contribution >= 0.6 is 0 Å². The van der Waals surface area contributed by atoms with E-state index < -0.39 is 0 Å². The number of hydrogen-bond donors (Lipinski definition) is 2. The maximum Gasteiger partial charge on any atom is 0.327 e. The molecule has 0 spiro atoms. The largest absolute Gasteiger partial charge is 0.378 e. The van der Waals surface area contributed by atoms with Gasteiger partial charge in [0, 0.05) is 49.4 Å². The lowest BCUT2D eigenvalue weighted by atomic mass is 10.1. The maximum absolute atomic E-state index is 13.2. The first kappa shape index (κ1) is 22.3. The first-order chi connectivity index (χ1) is 16.0. The van der Waals surface area contributed by atoms with Gasteiger partial charge in [0.2, 0.25) is 11.9 Å². The van der Waals surface area contributed by atoms with Crippen LogP contribution in [0.2, 0.25) is 0 Å². The molecular formula is C22H27N9O2. The van der Waals surface area contributed by atoms with Gasteiger partial charge < -0.3 is 20.7 Å². The number of fused-ring (bicyclic) bond motifs is 1. The van der Waals surface area contributed by atoms with Crippen molar-refractivity contribution in [2.75, 3.05) is 48.4 Å². The summed E-state index contributed by atoms with van der Waals surface area (Å²) in [4.78, 5) is 38.6. The highest BCUT2D eigenvalue weighted by atomic mass is 16.5. The zero-order chi connectivity index (χ0) is 23.4. The lowest BCUT2D eigenvalue weighted by molar-refractivity contribution is 0.122. The Morgan fingerprint density at radius 3 is 2.64 bits per heavy atom. The van der Waals surface area contributed by atoms with Crippen LogP contribution in [0.15, 0.2) is 40.9 Å². The Kier molecular flexibility index (Phi) is 6.59. The number of rotatable bonds is 5. The number of nitrogen functional groups attached to an aromatic ring is 1. The van der Waals surface area contributed by atoms with Gasteiger partial charge in [-0.3, -0.25) is 9.89 Å². The number of urea groups is 1. The standard InChI is InChI=1S/C22H27N9O2/c1-4-14(2)17(13-24-3)27-22(32)31-6-5-16-18(15-11-25-20(23)26-12-15)28-21(29-19(16)31)30-7-9-33-10-8-30/h4,11-13H,3,5-10H2,1-2H3,(H,27,32)(H2,23,25,26)/b14-4-,17-13+. The maximum atomic E-state index is 13.2. The molecule has 1 fully saturated rings. The van der Waals surface area contributed by atoms with Crippen LogP contribution in [0.4, 0.5) is 22.5 Å². The van der Waals surface area contributed by atoms with Crippen LogP contribution in [-0.4, -0.2) is 65.5 Å². The average Bonchev–Trinajstić information content (AvgIpc) is 3.28. The van der Waals surface area contributed by atoms with Crippen molar-refractivity contribution >= 4 is 30.5 Å². The zero-order valence-corrected chi connectivity index (χ0v) is 18.8. The molecule has 2 aliphatic heterocycles. The number of amides is 2. The van der Waals surface area contributed by atoms with Gasteiger partial charge in [-0.15, -0.1) is 0 Å². The van der Waals surface area contributed by atoms with Gasteiger partial charge in [-0.25, -0.2) is 19.7 Å². The second kappa shape index (κ2) is 9.74. The van der Waals surface area contributed by atoms with Crippen LogP contribution in [0.5, 0.6) is 0 Å². The number of morpholine rings is 1. The third-order valence-corrected chi connectivity index (χ3v) is 5.62. The number of allylic oxidation sites excluding steroid dienone is 2. The second-order valence-corrected chi connectivity index (χ2v) is 7.63. The molecule has 11 nitrogen and oxygen atoms in total. The molecule has 3 N–H and O–H groups in total. The molecule has 2 aliphatic rings. The van der Waals surface area contributed by atoms with E-state index in [1.165, 1.54) is 6.20 Å². The van der Waals surface area contributed by atoms with Crippen LogP contribution in [0.25, 0.3) is 11.3 Å². The molecule has 1 saturated heterocycles. The molecule has 0 aromatic carbocycles. The number of nitrogens with one attached hydrogen (secondary N) is 1. The summed E-state index contributed by atoms with van der Waals surface area (Å²) in [5, 5.41) is 2.93. The molecule has 33 heavy (non-hydrogen) atoms. The fourth-order valence-electron chi connectivity index (χ4n) is 3.71. The minimum absolute atomic E-state index is 0.188. The van der Waals surface area contributed by atoms with Crippen molar-refractivity contribution in [3.8, 4) is 11.3 Å². The summed E-state index contributed by atoms with van der Waals surface area (Å²) in [5.41, 5.74) is 9.43. The van der Waals surface area contributed by atoms with Crippen molar-refractivity contribution in [2.24, 2.45) is 4.99 Å².